The van der Waals surface area contributed by atoms with Crippen LogP contribution in [0, 0.1) is 11.7 Å². The van der Waals surface area contributed by atoms with Crippen LogP contribution in [0.15, 0.2) is 24.8 Å². The average Bonchev–Trinajstić information content (AvgIpc) is 3.12. The lowest BCUT2D eigenvalue weighted by atomic mass is 9.84. The van der Waals surface area contributed by atoms with E-state index in [1.807, 2.05) is 25.7 Å². The van der Waals surface area contributed by atoms with Gasteiger partial charge in [0, 0.05) is 43.0 Å². The second-order valence-electron chi connectivity index (χ2n) is 7.94. The quantitative estimate of drug-likeness (QED) is 0.603. The van der Waals surface area contributed by atoms with Crippen molar-refractivity contribution in [2.24, 2.45) is 5.92 Å². The van der Waals surface area contributed by atoms with Crippen LogP contribution >= 0.6 is 11.6 Å². The monoisotopic (exact) mass is 418 g/mol. The standard InChI is InChI=1S/C20H24ClFN6O/c1-11(2)20(3,29)16-9-28(5-4-24-16)19-14(21)6-15(22)17(27-19)12-8-25-18-13(12)7-23-10-26-18/h6-8,10-11,16,24,29H,4-5,9H2,1-3H3,(H,23,25,26)/t16-,20+/m0/s1. The Hall–Kier alpha value is -2.29. The molecule has 29 heavy (non-hydrogen) atoms. The number of nitrogens with one attached hydrogen (secondary N) is 2. The first kappa shape index (κ1) is 20.0. The van der Waals surface area contributed by atoms with Crippen molar-refractivity contribution in [2.75, 3.05) is 24.5 Å². The maximum absolute atomic E-state index is 14.8. The second kappa shape index (κ2) is 7.51. The van der Waals surface area contributed by atoms with Gasteiger partial charge in [-0.15, -0.1) is 0 Å². The van der Waals surface area contributed by atoms with Gasteiger partial charge in [0.25, 0.3) is 0 Å². The fourth-order valence-corrected chi connectivity index (χ4v) is 3.92. The van der Waals surface area contributed by atoms with Gasteiger partial charge in [-0.25, -0.2) is 19.3 Å². The Bertz CT molecular complexity index is 1040. The number of rotatable bonds is 4. The van der Waals surface area contributed by atoms with Crippen molar-refractivity contribution in [1.82, 2.24) is 25.3 Å². The molecule has 0 aromatic carbocycles. The van der Waals surface area contributed by atoms with E-state index in [0.717, 1.165) is 0 Å². The van der Waals surface area contributed by atoms with E-state index in [1.165, 1.54) is 12.4 Å². The lowest BCUT2D eigenvalue weighted by molar-refractivity contribution is -0.0231. The summed E-state index contributed by atoms with van der Waals surface area (Å²) in [6.07, 6.45) is 4.73. The van der Waals surface area contributed by atoms with E-state index in [2.05, 4.69) is 25.3 Å². The molecule has 0 aliphatic carbocycles. The molecular formula is C20H24ClFN6O. The van der Waals surface area contributed by atoms with Crippen LogP contribution in [0.25, 0.3) is 22.3 Å². The highest BCUT2D eigenvalue weighted by Gasteiger charge is 2.38. The number of aliphatic hydroxyl groups is 1. The molecule has 7 nitrogen and oxygen atoms in total. The van der Waals surface area contributed by atoms with Crippen molar-refractivity contribution in [1.29, 1.82) is 0 Å². The molecule has 4 rings (SSSR count). The third kappa shape index (κ3) is 3.56. The Balaban J connectivity index is 1.73. The van der Waals surface area contributed by atoms with Gasteiger partial charge in [-0.2, -0.15) is 0 Å². The van der Waals surface area contributed by atoms with Crippen LogP contribution in [0.1, 0.15) is 20.8 Å². The summed E-state index contributed by atoms with van der Waals surface area (Å²) in [4.78, 5) is 17.8. The Morgan fingerprint density at radius 3 is 2.97 bits per heavy atom. The first-order valence-electron chi connectivity index (χ1n) is 9.63. The smallest absolute Gasteiger partial charge is 0.151 e. The first-order chi connectivity index (χ1) is 13.8. The molecule has 0 radical (unpaired) electrons. The zero-order valence-electron chi connectivity index (χ0n) is 16.6. The summed E-state index contributed by atoms with van der Waals surface area (Å²) in [5.74, 6) is 0.0584. The molecule has 9 heteroatoms. The number of piperazine rings is 1. The molecule has 3 aromatic heterocycles. The molecule has 0 unspecified atom stereocenters. The number of hydrogen-bond acceptors (Lipinski definition) is 6. The molecule has 2 atom stereocenters. The Morgan fingerprint density at radius 2 is 2.21 bits per heavy atom. The number of hydrogen-bond donors (Lipinski definition) is 3. The van der Waals surface area contributed by atoms with Gasteiger partial charge in [-0.05, 0) is 18.9 Å². The minimum atomic E-state index is -0.901. The van der Waals surface area contributed by atoms with E-state index in [0.29, 0.717) is 42.0 Å². The molecule has 1 aliphatic rings. The number of halogens is 2. The molecule has 0 bridgehead atoms. The Morgan fingerprint density at radius 1 is 1.41 bits per heavy atom. The summed E-state index contributed by atoms with van der Waals surface area (Å²) in [6.45, 7) is 7.64. The van der Waals surface area contributed by atoms with Crippen molar-refractivity contribution >= 4 is 28.5 Å². The third-order valence-electron chi connectivity index (χ3n) is 5.87. The number of H-pyrrole nitrogens is 1. The molecule has 1 saturated heterocycles. The predicted octanol–water partition coefficient (Wildman–Crippen LogP) is 3.00. The minimum absolute atomic E-state index is 0.0679. The van der Waals surface area contributed by atoms with E-state index in [9.17, 15) is 9.50 Å². The fraction of sp³-hybridized carbons (Fsp3) is 0.450. The topological polar surface area (TPSA) is 90.0 Å². The number of anilines is 1. The number of nitrogens with zero attached hydrogens (tertiary/aromatic N) is 4. The maximum atomic E-state index is 14.8. The van der Waals surface area contributed by atoms with Gasteiger partial charge in [0.05, 0.1) is 16.7 Å². The van der Waals surface area contributed by atoms with Crippen LogP contribution in [-0.4, -0.2) is 56.3 Å². The number of aromatic amines is 1. The zero-order valence-corrected chi connectivity index (χ0v) is 17.3. The first-order valence-corrected chi connectivity index (χ1v) is 10.0. The van der Waals surface area contributed by atoms with Crippen molar-refractivity contribution in [2.45, 2.75) is 32.4 Å². The Kier molecular flexibility index (Phi) is 5.18. The Labute approximate surface area is 173 Å². The fourth-order valence-electron chi connectivity index (χ4n) is 3.66. The second-order valence-corrected chi connectivity index (χ2v) is 8.35. The lowest BCUT2D eigenvalue weighted by Crippen LogP contribution is -2.62. The summed E-state index contributed by atoms with van der Waals surface area (Å²) in [6, 6.07) is 1.13. The van der Waals surface area contributed by atoms with Crippen LogP contribution in [0.2, 0.25) is 5.02 Å². The van der Waals surface area contributed by atoms with Crippen molar-refractivity contribution in [3.63, 3.8) is 0 Å². The van der Waals surface area contributed by atoms with Gasteiger partial charge in [0.2, 0.25) is 0 Å². The van der Waals surface area contributed by atoms with E-state index in [-0.39, 0.29) is 22.7 Å². The van der Waals surface area contributed by atoms with Gasteiger partial charge in [0.1, 0.15) is 23.5 Å². The SMILES string of the molecule is CC(C)[C@@](C)(O)[C@@H]1CN(c2nc(-c3c[nH]c4ncncc34)c(F)cc2Cl)CCN1. The van der Waals surface area contributed by atoms with Crippen LogP contribution in [0.5, 0.6) is 0 Å². The summed E-state index contributed by atoms with van der Waals surface area (Å²) in [5.41, 5.74) is 0.485. The van der Waals surface area contributed by atoms with Crippen LogP contribution in [0.3, 0.4) is 0 Å². The molecule has 0 amide bonds. The predicted molar refractivity (Wildman–Crippen MR) is 112 cm³/mol. The zero-order chi connectivity index (χ0) is 20.8. The summed E-state index contributed by atoms with van der Waals surface area (Å²) in [5, 5.41) is 15.2. The highest BCUT2D eigenvalue weighted by molar-refractivity contribution is 6.33. The molecule has 1 aliphatic heterocycles. The number of fused-ring (bicyclic) bond motifs is 1. The van der Waals surface area contributed by atoms with Crippen LogP contribution in [0.4, 0.5) is 10.2 Å². The largest absolute Gasteiger partial charge is 0.388 e. The average molecular weight is 419 g/mol. The van der Waals surface area contributed by atoms with E-state index in [1.54, 1.807) is 12.4 Å². The summed E-state index contributed by atoms with van der Waals surface area (Å²) >= 11 is 6.38. The van der Waals surface area contributed by atoms with Crippen molar-refractivity contribution in [3.8, 4) is 11.3 Å². The molecule has 0 saturated carbocycles. The number of pyridine rings is 1. The molecule has 3 N–H and O–H groups in total. The normalized spacial score (nSPS) is 19.7. The van der Waals surface area contributed by atoms with Gasteiger partial charge in [0.15, 0.2) is 5.82 Å². The van der Waals surface area contributed by atoms with Gasteiger partial charge in [-0.1, -0.05) is 25.4 Å². The van der Waals surface area contributed by atoms with Gasteiger partial charge < -0.3 is 20.3 Å². The van der Waals surface area contributed by atoms with Gasteiger partial charge in [-0.3, -0.25) is 0 Å². The minimum Gasteiger partial charge on any atom is -0.388 e. The summed E-state index contributed by atoms with van der Waals surface area (Å²) in [7, 11) is 0. The molecule has 4 heterocycles. The number of aromatic nitrogens is 4. The third-order valence-corrected chi connectivity index (χ3v) is 6.15. The maximum Gasteiger partial charge on any atom is 0.151 e. The van der Waals surface area contributed by atoms with Crippen LogP contribution < -0.4 is 10.2 Å². The van der Waals surface area contributed by atoms with E-state index in [4.69, 9.17) is 11.6 Å². The lowest BCUT2D eigenvalue weighted by Gasteiger charge is -2.43. The molecule has 0 spiro atoms. The highest BCUT2D eigenvalue weighted by atomic mass is 35.5. The molecule has 1 fully saturated rings. The van der Waals surface area contributed by atoms with Crippen molar-refractivity contribution < 1.29 is 9.50 Å². The van der Waals surface area contributed by atoms with E-state index < -0.39 is 11.4 Å². The van der Waals surface area contributed by atoms with Crippen LogP contribution in [-0.2, 0) is 0 Å². The van der Waals surface area contributed by atoms with Gasteiger partial charge >= 0.3 is 0 Å². The van der Waals surface area contributed by atoms with E-state index >= 15 is 0 Å². The summed E-state index contributed by atoms with van der Waals surface area (Å²) < 4.78 is 14.8. The molecule has 3 aromatic rings. The molecular weight excluding hydrogens is 395 g/mol. The molecule has 154 valence electrons. The van der Waals surface area contributed by atoms with Crippen molar-refractivity contribution in [3.05, 3.63) is 35.6 Å². The highest BCUT2D eigenvalue weighted by Crippen LogP contribution is 2.34.